The molecule has 3 rings (SSSR count). The third-order valence-corrected chi connectivity index (χ3v) is 3.97. The Hall–Kier alpha value is -2.89. The second-order valence-electron chi connectivity index (χ2n) is 5.89. The molecule has 6 nitrogen and oxygen atoms in total. The van der Waals surface area contributed by atoms with Crippen LogP contribution in [0.2, 0.25) is 0 Å². The van der Waals surface area contributed by atoms with E-state index in [0.717, 1.165) is 25.0 Å². The number of anilines is 2. The van der Waals surface area contributed by atoms with Crippen molar-refractivity contribution >= 4 is 23.4 Å². The van der Waals surface area contributed by atoms with Gasteiger partial charge in [-0.15, -0.1) is 0 Å². The van der Waals surface area contributed by atoms with Gasteiger partial charge in [-0.25, -0.2) is 4.79 Å². The van der Waals surface area contributed by atoms with E-state index >= 15 is 0 Å². The maximum absolute atomic E-state index is 12.1. The van der Waals surface area contributed by atoms with E-state index in [1.807, 2.05) is 6.07 Å². The third kappa shape index (κ3) is 4.10. The molecule has 0 atom stereocenters. The highest BCUT2D eigenvalue weighted by Crippen LogP contribution is 2.22. The van der Waals surface area contributed by atoms with Crippen LogP contribution in [0.1, 0.15) is 29.7 Å². The summed E-state index contributed by atoms with van der Waals surface area (Å²) in [6, 6.07) is 8.40. The summed E-state index contributed by atoms with van der Waals surface area (Å²) < 4.78 is 0. The molecule has 0 fully saturated rings. The number of aliphatic carboxylic acids is 1. The summed E-state index contributed by atoms with van der Waals surface area (Å²) in [6.07, 6.45) is 5.91. The van der Waals surface area contributed by atoms with Gasteiger partial charge in [-0.1, -0.05) is 12.1 Å². The highest BCUT2D eigenvalue weighted by molar-refractivity contribution is 5.99. The van der Waals surface area contributed by atoms with Crippen molar-refractivity contribution in [2.75, 3.05) is 10.6 Å². The minimum absolute atomic E-state index is 0.0775. The molecule has 1 aromatic carbocycles. The summed E-state index contributed by atoms with van der Waals surface area (Å²) in [5.74, 6) is -0.906. The molecule has 1 heterocycles. The lowest BCUT2D eigenvalue weighted by molar-refractivity contribution is -0.136. The van der Waals surface area contributed by atoms with Crippen LogP contribution >= 0.6 is 0 Å². The number of rotatable bonds is 4. The number of aromatic nitrogens is 1. The molecule has 1 aromatic heterocycles. The number of hydrogen-bond donors (Lipinski definition) is 3. The number of aryl methyl sites for hydroxylation is 2. The van der Waals surface area contributed by atoms with E-state index in [9.17, 15) is 9.59 Å². The van der Waals surface area contributed by atoms with Crippen molar-refractivity contribution in [3.05, 3.63) is 53.3 Å². The summed E-state index contributed by atoms with van der Waals surface area (Å²) in [7, 11) is 0. The minimum Gasteiger partial charge on any atom is -0.481 e. The maximum atomic E-state index is 12.1. The average Bonchev–Trinajstić information content (AvgIpc) is 2.54. The van der Waals surface area contributed by atoms with E-state index in [-0.39, 0.29) is 12.5 Å². The Morgan fingerprint density at radius 1 is 1.08 bits per heavy atom. The van der Waals surface area contributed by atoms with Gasteiger partial charge in [-0.05, 0) is 55.0 Å². The Bertz CT molecular complexity index is 774. The first-order chi connectivity index (χ1) is 11.6. The first-order valence-corrected chi connectivity index (χ1v) is 7.97. The first kappa shape index (κ1) is 16.0. The molecule has 24 heavy (non-hydrogen) atoms. The SMILES string of the molecule is O=C(O)Cc1cccc(NC(=O)Nc2cnc3c(c2)CCCC3)c1. The monoisotopic (exact) mass is 325 g/mol. The van der Waals surface area contributed by atoms with Gasteiger partial charge in [0.05, 0.1) is 18.3 Å². The summed E-state index contributed by atoms with van der Waals surface area (Å²) in [6.45, 7) is 0. The lowest BCUT2D eigenvalue weighted by Gasteiger charge is -2.16. The zero-order valence-corrected chi connectivity index (χ0v) is 13.2. The summed E-state index contributed by atoms with van der Waals surface area (Å²) in [5, 5.41) is 14.3. The molecule has 0 spiro atoms. The van der Waals surface area contributed by atoms with E-state index in [1.54, 1.807) is 30.5 Å². The Kier molecular flexibility index (Phi) is 4.74. The topological polar surface area (TPSA) is 91.3 Å². The molecule has 0 unspecified atom stereocenters. The predicted molar refractivity (Wildman–Crippen MR) is 91.3 cm³/mol. The van der Waals surface area contributed by atoms with E-state index in [1.165, 1.54) is 12.0 Å². The van der Waals surface area contributed by atoms with E-state index in [2.05, 4.69) is 15.6 Å². The van der Waals surface area contributed by atoms with Crippen LogP contribution in [0.25, 0.3) is 0 Å². The van der Waals surface area contributed by atoms with Crippen LogP contribution < -0.4 is 10.6 Å². The summed E-state index contributed by atoms with van der Waals surface area (Å²) in [5.41, 5.74) is 4.17. The van der Waals surface area contributed by atoms with Gasteiger partial charge in [0.15, 0.2) is 0 Å². The number of fused-ring (bicyclic) bond motifs is 1. The third-order valence-electron chi connectivity index (χ3n) is 3.97. The number of nitrogens with one attached hydrogen (secondary N) is 2. The van der Waals surface area contributed by atoms with Crippen molar-refractivity contribution in [2.24, 2.45) is 0 Å². The Balaban J connectivity index is 1.64. The summed E-state index contributed by atoms with van der Waals surface area (Å²) in [4.78, 5) is 27.3. The normalized spacial score (nSPS) is 13.0. The number of urea groups is 1. The molecule has 3 N–H and O–H groups in total. The van der Waals surface area contributed by atoms with Crippen molar-refractivity contribution in [1.82, 2.24) is 4.98 Å². The highest BCUT2D eigenvalue weighted by atomic mass is 16.4. The Morgan fingerprint density at radius 2 is 1.88 bits per heavy atom. The lowest BCUT2D eigenvalue weighted by atomic mass is 9.96. The van der Waals surface area contributed by atoms with Crippen molar-refractivity contribution in [1.29, 1.82) is 0 Å². The largest absolute Gasteiger partial charge is 0.481 e. The number of carboxylic acids is 1. The van der Waals surface area contributed by atoms with Crippen molar-refractivity contribution < 1.29 is 14.7 Å². The molecule has 2 amide bonds. The zero-order valence-electron chi connectivity index (χ0n) is 13.2. The van der Waals surface area contributed by atoms with Gasteiger partial charge in [0.2, 0.25) is 0 Å². The van der Waals surface area contributed by atoms with Crippen LogP contribution in [0.3, 0.4) is 0 Å². The van der Waals surface area contributed by atoms with E-state index in [4.69, 9.17) is 5.11 Å². The first-order valence-electron chi connectivity index (χ1n) is 7.97. The fourth-order valence-corrected chi connectivity index (χ4v) is 2.88. The maximum Gasteiger partial charge on any atom is 0.323 e. The number of amides is 2. The van der Waals surface area contributed by atoms with Gasteiger partial charge >= 0.3 is 12.0 Å². The molecular weight excluding hydrogens is 306 g/mol. The molecule has 1 aliphatic rings. The van der Waals surface area contributed by atoms with Crippen molar-refractivity contribution in [2.45, 2.75) is 32.1 Å². The van der Waals surface area contributed by atoms with Crippen molar-refractivity contribution in [3.63, 3.8) is 0 Å². The number of benzene rings is 1. The molecule has 2 aromatic rings. The van der Waals surface area contributed by atoms with Crippen LogP contribution in [0.4, 0.5) is 16.2 Å². The van der Waals surface area contributed by atoms with Gasteiger partial charge in [0.25, 0.3) is 0 Å². The van der Waals surface area contributed by atoms with Gasteiger partial charge < -0.3 is 15.7 Å². The van der Waals surface area contributed by atoms with E-state index in [0.29, 0.717) is 16.9 Å². The highest BCUT2D eigenvalue weighted by Gasteiger charge is 2.12. The number of carbonyl (C=O) groups excluding carboxylic acids is 1. The quantitative estimate of drug-likeness (QED) is 0.805. The zero-order chi connectivity index (χ0) is 16.9. The molecule has 0 saturated carbocycles. The molecule has 6 heteroatoms. The number of nitrogens with zero attached hydrogens (tertiary/aromatic N) is 1. The van der Waals surface area contributed by atoms with Crippen LogP contribution in [-0.2, 0) is 24.1 Å². The van der Waals surface area contributed by atoms with Crippen LogP contribution in [0, 0.1) is 0 Å². The van der Waals surface area contributed by atoms with Gasteiger partial charge in [0.1, 0.15) is 0 Å². The predicted octanol–water partition coefficient (Wildman–Crippen LogP) is 3.23. The van der Waals surface area contributed by atoms with Gasteiger partial charge in [-0.3, -0.25) is 9.78 Å². The fraction of sp³-hybridized carbons (Fsp3) is 0.278. The molecule has 0 radical (unpaired) electrons. The molecule has 1 aliphatic carbocycles. The lowest BCUT2D eigenvalue weighted by Crippen LogP contribution is -2.20. The number of pyridine rings is 1. The second-order valence-corrected chi connectivity index (χ2v) is 5.89. The number of hydrogen-bond acceptors (Lipinski definition) is 3. The Labute approximate surface area is 139 Å². The molecule has 124 valence electrons. The van der Waals surface area contributed by atoms with Crippen molar-refractivity contribution in [3.8, 4) is 0 Å². The smallest absolute Gasteiger partial charge is 0.323 e. The fourth-order valence-electron chi connectivity index (χ4n) is 2.88. The Morgan fingerprint density at radius 3 is 2.71 bits per heavy atom. The van der Waals surface area contributed by atoms with Crippen LogP contribution in [0.5, 0.6) is 0 Å². The standard InChI is InChI=1S/C18H19N3O3/c22-17(23)9-12-4-3-6-14(8-12)20-18(24)21-15-10-13-5-1-2-7-16(13)19-11-15/h3-4,6,8,10-11H,1-2,5,7,9H2,(H,22,23)(H2,20,21,24). The molecule has 0 saturated heterocycles. The second kappa shape index (κ2) is 7.12. The van der Waals surface area contributed by atoms with E-state index < -0.39 is 5.97 Å². The van der Waals surface area contributed by atoms with Gasteiger partial charge in [-0.2, -0.15) is 0 Å². The molecule has 0 aliphatic heterocycles. The average molecular weight is 325 g/mol. The van der Waals surface area contributed by atoms with Crippen LogP contribution in [0.15, 0.2) is 36.5 Å². The number of carbonyl (C=O) groups is 2. The number of carboxylic acid groups (broad SMARTS) is 1. The molecule has 0 bridgehead atoms. The molecular formula is C18H19N3O3. The van der Waals surface area contributed by atoms with Crippen LogP contribution in [-0.4, -0.2) is 22.1 Å². The minimum atomic E-state index is -0.906. The summed E-state index contributed by atoms with van der Waals surface area (Å²) >= 11 is 0. The van der Waals surface area contributed by atoms with Gasteiger partial charge in [0, 0.05) is 11.4 Å².